The van der Waals surface area contributed by atoms with E-state index >= 15 is 0 Å². The zero-order valence-corrected chi connectivity index (χ0v) is 6.40. The van der Waals surface area contributed by atoms with E-state index in [0.717, 1.165) is 0 Å². The van der Waals surface area contributed by atoms with E-state index in [9.17, 15) is 13.6 Å². The highest BCUT2D eigenvalue weighted by Gasteiger charge is 2.09. The van der Waals surface area contributed by atoms with Crippen LogP contribution in [-0.4, -0.2) is 6.41 Å². The zero-order chi connectivity index (χ0) is 9.14. The van der Waals surface area contributed by atoms with Gasteiger partial charge in [-0.3, -0.25) is 4.79 Å². The summed E-state index contributed by atoms with van der Waals surface area (Å²) < 4.78 is 25.6. The van der Waals surface area contributed by atoms with Gasteiger partial charge >= 0.3 is 0 Å². The molecule has 1 rings (SSSR count). The molecule has 0 heterocycles. The van der Waals surface area contributed by atoms with Crippen LogP contribution >= 0.6 is 0 Å². The molecule has 0 bridgehead atoms. The van der Waals surface area contributed by atoms with E-state index in [-0.39, 0.29) is 11.3 Å². The van der Waals surface area contributed by atoms with Crippen molar-refractivity contribution >= 4 is 12.1 Å². The molecule has 0 aromatic heterocycles. The van der Waals surface area contributed by atoms with Crippen molar-refractivity contribution in [3.05, 3.63) is 29.3 Å². The summed E-state index contributed by atoms with van der Waals surface area (Å²) in [4.78, 5) is 9.92. The molecule has 1 aromatic carbocycles. The van der Waals surface area contributed by atoms with Gasteiger partial charge in [-0.1, -0.05) is 6.07 Å². The molecule has 0 unspecified atom stereocenters. The van der Waals surface area contributed by atoms with Crippen molar-refractivity contribution in [3.63, 3.8) is 0 Å². The van der Waals surface area contributed by atoms with Gasteiger partial charge in [0.05, 0.1) is 5.69 Å². The first-order valence-corrected chi connectivity index (χ1v) is 3.31. The lowest BCUT2D eigenvalue weighted by Gasteiger charge is -2.02. The maximum Gasteiger partial charge on any atom is 0.211 e. The van der Waals surface area contributed by atoms with E-state index in [2.05, 4.69) is 0 Å². The van der Waals surface area contributed by atoms with Crippen LogP contribution in [0.5, 0.6) is 0 Å². The van der Waals surface area contributed by atoms with Gasteiger partial charge in [0, 0.05) is 0 Å². The highest BCUT2D eigenvalue weighted by molar-refractivity contribution is 5.71. The second-order valence-electron chi connectivity index (χ2n) is 2.32. The summed E-state index contributed by atoms with van der Waals surface area (Å²) in [5.41, 5.74) is 0.0667. The zero-order valence-electron chi connectivity index (χ0n) is 6.40. The van der Waals surface area contributed by atoms with Crippen molar-refractivity contribution in [2.24, 2.45) is 0 Å². The predicted octanol–water partition coefficient (Wildman–Crippen LogP) is 1.84. The first-order chi connectivity index (χ1) is 5.66. The number of nitrogens with one attached hydrogen (secondary N) is 1. The summed E-state index contributed by atoms with van der Waals surface area (Å²) in [5.74, 6) is -1.95. The maximum absolute atomic E-state index is 12.9. The van der Waals surface area contributed by atoms with Crippen molar-refractivity contribution in [2.75, 3.05) is 5.32 Å². The molecule has 0 saturated heterocycles. The number of benzene rings is 1. The molecule has 0 radical (unpaired) electrons. The minimum atomic E-state index is -1.03. The van der Waals surface area contributed by atoms with E-state index in [1.165, 1.54) is 19.1 Å². The van der Waals surface area contributed by atoms with Crippen LogP contribution in [0.2, 0.25) is 0 Å². The summed E-state index contributed by atoms with van der Waals surface area (Å²) in [7, 11) is 0. The minimum Gasteiger partial charge on any atom is -0.326 e. The topological polar surface area (TPSA) is 29.1 Å². The van der Waals surface area contributed by atoms with Gasteiger partial charge in [-0.05, 0) is 18.6 Å². The number of aryl methyl sites for hydroxylation is 1. The van der Waals surface area contributed by atoms with Gasteiger partial charge in [0.2, 0.25) is 6.41 Å². The van der Waals surface area contributed by atoms with Gasteiger partial charge in [0.1, 0.15) is 0 Å². The van der Waals surface area contributed by atoms with Gasteiger partial charge in [0.25, 0.3) is 0 Å². The molecule has 1 aromatic rings. The normalized spacial score (nSPS) is 9.58. The molecular weight excluding hydrogens is 164 g/mol. The Kier molecular flexibility index (Phi) is 2.38. The average Bonchev–Trinajstić information content (AvgIpc) is 2.07. The molecule has 64 valence electrons. The van der Waals surface area contributed by atoms with E-state index in [1.807, 2.05) is 5.32 Å². The fraction of sp³-hybridized carbons (Fsp3) is 0.125. The molecule has 12 heavy (non-hydrogen) atoms. The van der Waals surface area contributed by atoms with Crippen LogP contribution < -0.4 is 5.32 Å². The van der Waals surface area contributed by atoms with Crippen molar-refractivity contribution in [1.29, 1.82) is 0 Å². The monoisotopic (exact) mass is 171 g/mol. The Morgan fingerprint density at radius 3 is 2.58 bits per heavy atom. The Morgan fingerprint density at radius 2 is 2.00 bits per heavy atom. The van der Waals surface area contributed by atoms with Gasteiger partial charge in [-0.2, -0.15) is 0 Å². The highest BCUT2D eigenvalue weighted by atomic mass is 19.2. The van der Waals surface area contributed by atoms with Crippen molar-refractivity contribution < 1.29 is 13.6 Å². The standard InChI is InChI=1S/C8H7F2NO/c1-5-2-3-6(11-4-12)8(10)7(5)9/h2-4H,1H3,(H,11,12). The van der Waals surface area contributed by atoms with Crippen molar-refractivity contribution in [1.82, 2.24) is 0 Å². The summed E-state index contributed by atoms with van der Waals surface area (Å²) in [6, 6.07) is 2.70. The van der Waals surface area contributed by atoms with E-state index in [0.29, 0.717) is 6.41 Å². The van der Waals surface area contributed by atoms with Crippen molar-refractivity contribution in [3.8, 4) is 0 Å². The second-order valence-corrected chi connectivity index (χ2v) is 2.32. The minimum absolute atomic E-state index is 0.145. The molecule has 0 aliphatic rings. The third kappa shape index (κ3) is 1.42. The molecule has 0 atom stereocenters. The van der Waals surface area contributed by atoms with Crippen LogP contribution in [0.15, 0.2) is 12.1 Å². The molecule has 0 saturated carbocycles. The molecule has 0 aliphatic heterocycles. The van der Waals surface area contributed by atoms with Gasteiger partial charge in [-0.15, -0.1) is 0 Å². The molecule has 0 spiro atoms. The largest absolute Gasteiger partial charge is 0.326 e. The molecule has 1 N–H and O–H groups in total. The fourth-order valence-corrected chi connectivity index (χ4v) is 0.821. The molecule has 2 nitrogen and oxygen atoms in total. The lowest BCUT2D eigenvalue weighted by atomic mass is 10.2. The summed E-state index contributed by atoms with van der Waals surface area (Å²) in [6.07, 6.45) is 0.299. The van der Waals surface area contributed by atoms with Gasteiger partial charge in [0.15, 0.2) is 11.6 Å². The van der Waals surface area contributed by atoms with Crippen LogP contribution in [0.1, 0.15) is 5.56 Å². The van der Waals surface area contributed by atoms with E-state index in [4.69, 9.17) is 0 Å². The Morgan fingerprint density at radius 1 is 1.33 bits per heavy atom. The Bertz CT molecular complexity index is 312. The third-order valence-electron chi connectivity index (χ3n) is 1.49. The second kappa shape index (κ2) is 3.30. The third-order valence-corrected chi connectivity index (χ3v) is 1.49. The van der Waals surface area contributed by atoms with E-state index < -0.39 is 11.6 Å². The number of rotatable bonds is 2. The first-order valence-electron chi connectivity index (χ1n) is 3.31. The molecule has 0 fully saturated rings. The fourth-order valence-electron chi connectivity index (χ4n) is 0.821. The summed E-state index contributed by atoms with van der Waals surface area (Å²) >= 11 is 0. The molecule has 1 amide bonds. The summed E-state index contributed by atoms with van der Waals surface area (Å²) in [5, 5.41) is 2.05. The van der Waals surface area contributed by atoms with Crippen LogP contribution in [0.4, 0.5) is 14.5 Å². The van der Waals surface area contributed by atoms with Gasteiger partial charge in [-0.25, -0.2) is 8.78 Å². The number of hydrogen-bond donors (Lipinski definition) is 1. The molecular formula is C8H7F2NO. The Balaban J connectivity index is 3.16. The average molecular weight is 171 g/mol. The summed E-state index contributed by atoms with van der Waals surface area (Å²) in [6.45, 7) is 1.45. The molecule has 4 heteroatoms. The lowest BCUT2D eigenvalue weighted by Crippen LogP contribution is -2.00. The number of halogens is 2. The first kappa shape index (κ1) is 8.64. The highest BCUT2D eigenvalue weighted by Crippen LogP contribution is 2.18. The Labute approximate surface area is 68.2 Å². The maximum atomic E-state index is 12.9. The van der Waals surface area contributed by atoms with Crippen molar-refractivity contribution in [2.45, 2.75) is 6.92 Å². The SMILES string of the molecule is Cc1ccc(NC=O)c(F)c1F. The number of amides is 1. The van der Waals surface area contributed by atoms with E-state index in [1.54, 1.807) is 0 Å². The van der Waals surface area contributed by atoms with Crippen LogP contribution in [0.3, 0.4) is 0 Å². The number of carbonyl (C=O) groups excluding carboxylic acids is 1. The number of carbonyl (C=O) groups is 1. The van der Waals surface area contributed by atoms with Crippen LogP contribution in [0.25, 0.3) is 0 Å². The lowest BCUT2D eigenvalue weighted by molar-refractivity contribution is -0.105. The smallest absolute Gasteiger partial charge is 0.211 e. The predicted molar refractivity (Wildman–Crippen MR) is 40.8 cm³/mol. The number of anilines is 1. The van der Waals surface area contributed by atoms with Gasteiger partial charge < -0.3 is 5.32 Å². The van der Waals surface area contributed by atoms with Crippen LogP contribution in [0, 0.1) is 18.6 Å². The Hall–Kier alpha value is -1.45. The molecule has 0 aliphatic carbocycles. The quantitative estimate of drug-likeness (QED) is 0.676. The number of hydrogen-bond acceptors (Lipinski definition) is 1. The van der Waals surface area contributed by atoms with Crippen LogP contribution in [-0.2, 0) is 4.79 Å².